The highest BCUT2D eigenvalue weighted by atomic mass is 32.3. The van der Waals surface area contributed by atoms with Crippen molar-refractivity contribution >= 4 is 22.0 Å². The first kappa shape index (κ1) is 13.1. The molecule has 18 heavy (non-hydrogen) atoms. The van der Waals surface area contributed by atoms with Crippen LogP contribution in [0, 0.1) is 5.41 Å². The lowest BCUT2D eigenvalue weighted by atomic mass is 10.1. The highest BCUT2D eigenvalue weighted by Gasteiger charge is 2.37. The third kappa shape index (κ3) is 2.42. The molecule has 2 rings (SSSR count). The molecule has 0 aromatic heterocycles. The Morgan fingerprint density at radius 2 is 1.94 bits per heavy atom. The van der Waals surface area contributed by atoms with Crippen LogP contribution in [0.2, 0.25) is 0 Å². The number of carbonyl (C=O) groups is 1. The Labute approximate surface area is 108 Å². The van der Waals surface area contributed by atoms with E-state index in [2.05, 4.69) is 4.74 Å². The molecule has 5 heteroatoms. The fraction of sp³-hybridized carbons (Fsp3) is 0.385. The van der Waals surface area contributed by atoms with Gasteiger partial charge in [0.05, 0.1) is 7.11 Å². The number of nitrogens with one attached hydrogen (secondary N) is 1. The van der Waals surface area contributed by atoms with E-state index in [0.29, 0.717) is 10.8 Å². The average Bonchev–Trinajstić information content (AvgIpc) is 3.21. The van der Waals surface area contributed by atoms with Gasteiger partial charge in [-0.05, 0) is 31.2 Å². The minimum absolute atomic E-state index is 0.162. The van der Waals surface area contributed by atoms with Crippen molar-refractivity contribution in [3.63, 3.8) is 0 Å². The van der Waals surface area contributed by atoms with Crippen molar-refractivity contribution in [1.82, 2.24) is 0 Å². The van der Waals surface area contributed by atoms with Gasteiger partial charge in [-0.15, -0.1) is 10.3 Å². The molecule has 0 amide bonds. The first-order chi connectivity index (χ1) is 8.46. The molecule has 1 aromatic carbocycles. The van der Waals surface area contributed by atoms with Gasteiger partial charge in [-0.1, -0.05) is 12.1 Å². The monoisotopic (exact) mass is 267 g/mol. The van der Waals surface area contributed by atoms with Gasteiger partial charge in [0.2, 0.25) is 0 Å². The molecule has 0 bridgehead atoms. The number of hydrogen-bond acceptors (Lipinski definition) is 4. The van der Waals surface area contributed by atoms with Crippen molar-refractivity contribution in [2.45, 2.75) is 23.0 Å². The Morgan fingerprint density at radius 3 is 2.39 bits per heavy atom. The summed E-state index contributed by atoms with van der Waals surface area (Å²) in [5.41, 5.74) is 0.349. The molecule has 4 nitrogen and oxygen atoms in total. The summed E-state index contributed by atoms with van der Waals surface area (Å²) in [6.45, 7) is 0. The van der Waals surface area contributed by atoms with Gasteiger partial charge >= 0.3 is 5.97 Å². The summed E-state index contributed by atoms with van der Waals surface area (Å²) >= 11 is 0. The van der Waals surface area contributed by atoms with E-state index in [1.54, 1.807) is 24.3 Å². The zero-order chi connectivity index (χ0) is 13.3. The predicted octanol–water partition coefficient (Wildman–Crippen LogP) is 2.66. The first-order valence-electron chi connectivity index (χ1n) is 5.74. The summed E-state index contributed by atoms with van der Waals surface area (Å²) in [5.74, 6) is -0.649. The molecule has 0 aliphatic heterocycles. The maximum atomic E-state index is 11.2. The molecular formula is C13H17NO3S. The molecule has 1 aliphatic rings. The Balaban J connectivity index is 2.20. The van der Waals surface area contributed by atoms with Crippen LogP contribution in [0.1, 0.15) is 18.4 Å². The molecule has 98 valence electrons. The number of hydrogen-bond donors (Lipinski definition) is 2. The Kier molecular flexibility index (Phi) is 3.45. The summed E-state index contributed by atoms with van der Waals surface area (Å²) < 4.78 is 15.0. The molecule has 0 spiro atoms. The van der Waals surface area contributed by atoms with Crippen molar-refractivity contribution in [2.75, 3.05) is 13.4 Å². The highest BCUT2D eigenvalue weighted by Crippen LogP contribution is 2.61. The van der Waals surface area contributed by atoms with E-state index in [4.69, 9.17) is 5.41 Å². The summed E-state index contributed by atoms with van der Waals surface area (Å²) in [7, 11) is -0.463. The standard InChI is InChI=1S/C13H17NO3S/c1-17-13(15)12(14)9-3-5-10(6-4-9)18(2,16)11-7-8-11/h3-6,11,14,16H,7-8H2,1-2H3. The van der Waals surface area contributed by atoms with E-state index in [1.807, 2.05) is 6.26 Å². The van der Waals surface area contributed by atoms with E-state index in [9.17, 15) is 9.35 Å². The second-order valence-corrected chi connectivity index (χ2v) is 7.54. The van der Waals surface area contributed by atoms with E-state index in [-0.39, 0.29) is 5.71 Å². The van der Waals surface area contributed by atoms with Crippen LogP contribution in [0.5, 0.6) is 0 Å². The van der Waals surface area contributed by atoms with E-state index in [1.165, 1.54) is 7.11 Å². The van der Waals surface area contributed by atoms with Gasteiger partial charge in [0.15, 0.2) is 0 Å². The van der Waals surface area contributed by atoms with Gasteiger partial charge in [0.25, 0.3) is 0 Å². The van der Waals surface area contributed by atoms with Gasteiger partial charge in [0.1, 0.15) is 5.71 Å². The molecule has 1 fully saturated rings. The minimum atomic E-state index is -1.72. The largest absolute Gasteiger partial charge is 0.464 e. The van der Waals surface area contributed by atoms with Gasteiger partial charge in [0, 0.05) is 15.7 Å². The van der Waals surface area contributed by atoms with Crippen LogP contribution in [0.4, 0.5) is 0 Å². The van der Waals surface area contributed by atoms with Crippen LogP contribution in [0.15, 0.2) is 29.2 Å². The quantitative estimate of drug-likeness (QED) is 0.651. The van der Waals surface area contributed by atoms with Crippen LogP contribution in [0.3, 0.4) is 0 Å². The molecular weight excluding hydrogens is 250 g/mol. The molecule has 0 heterocycles. The van der Waals surface area contributed by atoms with Crippen molar-refractivity contribution in [3.05, 3.63) is 29.8 Å². The third-order valence-corrected chi connectivity index (χ3v) is 6.18. The topological polar surface area (TPSA) is 70.4 Å². The average molecular weight is 267 g/mol. The fourth-order valence-corrected chi connectivity index (χ4v) is 3.96. The van der Waals surface area contributed by atoms with Crippen molar-refractivity contribution in [1.29, 1.82) is 5.41 Å². The summed E-state index contributed by atoms with van der Waals surface area (Å²) in [4.78, 5) is 12.1. The number of rotatable bonds is 4. The molecule has 0 saturated heterocycles. The molecule has 1 atom stereocenters. The first-order valence-corrected chi connectivity index (χ1v) is 7.80. The second kappa shape index (κ2) is 4.74. The maximum Gasteiger partial charge on any atom is 0.356 e. The van der Waals surface area contributed by atoms with Crippen LogP contribution in [-0.4, -0.2) is 34.8 Å². The SMILES string of the molecule is COC(=O)C(=N)c1ccc(S(C)(O)C2CC2)cc1. The lowest BCUT2D eigenvalue weighted by Crippen LogP contribution is -2.15. The highest BCUT2D eigenvalue weighted by molar-refractivity contribution is 8.29. The zero-order valence-corrected chi connectivity index (χ0v) is 11.3. The molecule has 2 N–H and O–H groups in total. The number of ether oxygens (including phenoxy) is 1. The van der Waals surface area contributed by atoms with Gasteiger partial charge in [-0.25, -0.2) is 4.79 Å². The van der Waals surface area contributed by atoms with Crippen LogP contribution >= 0.6 is 10.3 Å². The Morgan fingerprint density at radius 1 is 1.39 bits per heavy atom. The summed E-state index contributed by atoms with van der Waals surface area (Å²) in [6, 6.07) is 7.00. The lowest BCUT2D eigenvalue weighted by molar-refractivity contribution is -0.132. The molecule has 1 saturated carbocycles. The van der Waals surface area contributed by atoms with Crippen molar-refractivity contribution in [3.8, 4) is 0 Å². The fourth-order valence-electron chi connectivity index (χ4n) is 1.84. The lowest BCUT2D eigenvalue weighted by Gasteiger charge is -2.29. The third-order valence-electron chi connectivity index (χ3n) is 3.18. The smallest absolute Gasteiger partial charge is 0.356 e. The molecule has 1 unspecified atom stereocenters. The van der Waals surface area contributed by atoms with Crippen molar-refractivity contribution in [2.24, 2.45) is 0 Å². The Bertz CT molecular complexity index is 478. The molecule has 1 aliphatic carbocycles. The van der Waals surface area contributed by atoms with E-state index in [0.717, 1.165) is 17.7 Å². The number of esters is 1. The van der Waals surface area contributed by atoms with Crippen LogP contribution < -0.4 is 0 Å². The predicted molar refractivity (Wildman–Crippen MR) is 72.7 cm³/mol. The van der Waals surface area contributed by atoms with E-state index >= 15 is 0 Å². The molecule has 0 radical (unpaired) electrons. The van der Waals surface area contributed by atoms with Gasteiger partial charge < -0.3 is 9.29 Å². The number of carbonyl (C=O) groups excluding carboxylic acids is 1. The van der Waals surface area contributed by atoms with Crippen LogP contribution in [0.25, 0.3) is 0 Å². The second-order valence-electron chi connectivity index (χ2n) is 4.53. The normalized spacial score (nSPS) is 19.7. The van der Waals surface area contributed by atoms with Crippen LogP contribution in [-0.2, 0) is 9.53 Å². The Hall–Kier alpha value is -1.33. The van der Waals surface area contributed by atoms with Gasteiger partial charge in [-0.2, -0.15) is 0 Å². The molecule has 1 aromatic rings. The maximum absolute atomic E-state index is 11.2. The number of benzene rings is 1. The minimum Gasteiger partial charge on any atom is -0.464 e. The number of methoxy groups -OCH3 is 1. The zero-order valence-electron chi connectivity index (χ0n) is 10.5. The van der Waals surface area contributed by atoms with Gasteiger partial charge in [-0.3, -0.25) is 5.41 Å². The van der Waals surface area contributed by atoms with Crippen molar-refractivity contribution < 1.29 is 14.1 Å². The van der Waals surface area contributed by atoms with E-state index < -0.39 is 16.3 Å². The summed E-state index contributed by atoms with van der Waals surface area (Å²) in [6.07, 6.45) is 4.06. The summed E-state index contributed by atoms with van der Waals surface area (Å²) in [5, 5.41) is 8.03.